The minimum absolute atomic E-state index is 0.219. The molecule has 0 bridgehead atoms. The second-order valence-corrected chi connectivity index (χ2v) is 6.45. The van der Waals surface area contributed by atoms with Gasteiger partial charge in [0.05, 0.1) is 9.79 Å². The van der Waals surface area contributed by atoms with Crippen LogP contribution in [0.15, 0.2) is 58.3 Å². The number of nitrogens with two attached hydrogens (primary N) is 2. The van der Waals surface area contributed by atoms with Crippen molar-refractivity contribution in [2.45, 2.75) is 16.7 Å². The number of Topliss-reactive ketones (excluding diaryl/α,β-unsaturated/α-hetero) is 1. The average Bonchev–Trinajstić information content (AvgIpc) is 2.48. The van der Waals surface area contributed by atoms with E-state index in [-0.39, 0.29) is 9.79 Å². The number of aliphatic carboxylic acids is 1. The number of sulfone groups is 1. The van der Waals surface area contributed by atoms with Crippen LogP contribution in [0.2, 0.25) is 0 Å². The highest BCUT2D eigenvalue weighted by atomic mass is 32.2. The number of benzene rings is 2. The molecular formula is C15H16N2O5S. The monoisotopic (exact) mass is 336 g/mol. The predicted molar refractivity (Wildman–Crippen MR) is 85.5 cm³/mol. The van der Waals surface area contributed by atoms with Gasteiger partial charge in [0.25, 0.3) is 0 Å². The fourth-order valence-corrected chi connectivity index (χ4v) is 2.69. The maximum Gasteiger partial charge on any atom is 0.371 e. The van der Waals surface area contributed by atoms with Crippen molar-refractivity contribution in [3.05, 3.63) is 48.5 Å². The van der Waals surface area contributed by atoms with Crippen LogP contribution in [0.3, 0.4) is 0 Å². The van der Waals surface area contributed by atoms with E-state index in [2.05, 4.69) is 0 Å². The molecule has 0 saturated carbocycles. The Morgan fingerprint density at radius 2 is 1.09 bits per heavy atom. The Morgan fingerprint density at radius 1 is 0.826 bits per heavy atom. The molecule has 0 radical (unpaired) electrons. The van der Waals surface area contributed by atoms with Crippen LogP contribution in [0.25, 0.3) is 0 Å². The van der Waals surface area contributed by atoms with E-state index in [1.54, 1.807) is 24.3 Å². The number of nitrogen functional groups attached to an aromatic ring is 2. The number of ketones is 1. The molecule has 122 valence electrons. The van der Waals surface area contributed by atoms with E-state index in [9.17, 15) is 18.0 Å². The number of rotatable bonds is 3. The Labute approximate surface area is 133 Å². The lowest BCUT2D eigenvalue weighted by atomic mass is 10.3. The Morgan fingerprint density at radius 3 is 1.30 bits per heavy atom. The molecule has 0 saturated heterocycles. The van der Waals surface area contributed by atoms with E-state index >= 15 is 0 Å². The normalized spacial score (nSPS) is 10.3. The number of carboxylic acid groups (broad SMARTS) is 1. The first-order valence-corrected chi connectivity index (χ1v) is 7.83. The lowest BCUT2D eigenvalue weighted by Crippen LogP contribution is -2.05. The topological polar surface area (TPSA) is 141 Å². The minimum Gasteiger partial charge on any atom is -0.476 e. The highest BCUT2D eigenvalue weighted by Gasteiger charge is 2.16. The van der Waals surface area contributed by atoms with E-state index in [1.807, 2.05) is 0 Å². The smallest absolute Gasteiger partial charge is 0.371 e. The number of carbonyl (C=O) groups excluding carboxylic acids is 1. The Kier molecular flexibility index (Phi) is 5.86. The summed E-state index contributed by atoms with van der Waals surface area (Å²) in [5.74, 6) is -2.20. The molecule has 0 heterocycles. The Balaban J connectivity index is 0.000000379. The second-order valence-electron chi connectivity index (χ2n) is 4.50. The summed E-state index contributed by atoms with van der Waals surface area (Å²) in [6.45, 7) is 1.00. The zero-order valence-electron chi connectivity index (χ0n) is 12.3. The van der Waals surface area contributed by atoms with E-state index < -0.39 is 21.6 Å². The van der Waals surface area contributed by atoms with Gasteiger partial charge in [-0.25, -0.2) is 13.2 Å². The molecule has 0 aliphatic rings. The van der Waals surface area contributed by atoms with Gasteiger partial charge in [-0.3, -0.25) is 4.79 Å². The maximum absolute atomic E-state index is 12.2. The first-order chi connectivity index (χ1) is 10.6. The van der Waals surface area contributed by atoms with Gasteiger partial charge in [0, 0.05) is 18.3 Å². The van der Waals surface area contributed by atoms with Crippen LogP contribution in [-0.2, 0) is 19.4 Å². The van der Waals surface area contributed by atoms with Crippen molar-refractivity contribution in [2.75, 3.05) is 11.5 Å². The van der Waals surface area contributed by atoms with Gasteiger partial charge in [-0.2, -0.15) is 0 Å². The molecular weight excluding hydrogens is 320 g/mol. The summed E-state index contributed by atoms with van der Waals surface area (Å²) >= 11 is 0. The summed E-state index contributed by atoms with van der Waals surface area (Å²) in [5, 5.41) is 7.64. The molecule has 23 heavy (non-hydrogen) atoms. The first kappa shape index (κ1) is 18.2. The van der Waals surface area contributed by atoms with Gasteiger partial charge in [0.2, 0.25) is 15.6 Å². The Bertz CT molecular complexity index is 733. The molecule has 0 spiro atoms. The van der Waals surface area contributed by atoms with Crippen molar-refractivity contribution >= 4 is 33.0 Å². The number of carbonyl (C=O) groups is 2. The standard InChI is InChI=1S/C12H12N2O2S.C3H4O3/c13-9-1-5-11(6-2-9)17(15,16)12-7-3-10(14)4-8-12;1-2(4)3(5)6/h1-8H,13-14H2;1H3,(H,5,6). The number of anilines is 2. The molecule has 2 aromatic rings. The van der Waals surface area contributed by atoms with Crippen molar-refractivity contribution in [1.29, 1.82) is 0 Å². The molecule has 2 rings (SSSR count). The van der Waals surface area contributed by atoms with Gasteiger partial charge in [-0.15, -0.1) is 0 Å². The number of carboxylic acids is 1. The molecule has 0 aliphatic carbocycles. The highest BCUT2D eigenvalue weighted by Crippen LogP contribution is 2.22. The molecule has 2 aromatic carbocycles. The summed E-state index contributed by atoms with van der Waals surface area (Å²) in [4.78, 5) is 19.3. The van der Waals surface area contributed by atoms with Crippen LogP contribution >= 0.6 is 0 Å². The van der Waals surface area contributed by atoms with Crippen molar-refractivity contribution in [2.24, 2.45) is 0 Å². The van der Waals surface area contributed by atoms with Gasteiger partial charge in [-0.05, 0) is 48.5 Å². The number of hydrogen-bond acceptors (Lipinski definition) is 6. The van der Waals surface area contributed by atoms with Crippen molar-refractivity contribution in [1.82, 2.24) is 0 Å². The highest BCUT2D eigenvalue weighted by molar-refractivity contribution is 7.91. The summed E-state index contributed by atoms with van der Waals surface area (Å²) in [6.07, 6.45) is 0. The van der Waals surface area contributed by atoms with Crippen molar-refractivity contribution in [3.63, 3.8) is 0 Å². The van der Waals surface area contributed by atoms with Gasteiger partial charge in [0.15, 0.2) is 0 Å². The molecule has 0 fully saturated rings. The quantitative estimate of drug-likeness (QED) is 0.567. The SMILES string of the molecule is CC(=O)C(=O)O.Nc1ccc(S(=O)(=O)c2ccc(N)cc2)cc1. The lowest BCUT2D eigenvalue weighted by Gasteiger charge is -2.05. The zero-order chi connectivity index (χ0) is 17.6. The van der Waals surface area contributed by atoms with Crippen LogP contribution in [0.1, 0.15) is 6.92 Å². The second kappa shape index (κ2) is 7.41. The number of hydrogen-bond donors (Lipinski definition) is 3. The largest absolute Gasteiger partial charge is 0.476 e. The molecule has 0 aliphatic heterocycles. The maximum atomic E-state index is 12.2. The fourth-order valence-electron chi connectivity index (χ4n) is 1.43. The third-order valence-corrected chi connectivity index (χ3v) is 4.47. The van der Waals surface area contributed by atoms with Gasteiger partial charge >= 0.3 is 5.97 Å². The zero-order valence-corrected chi connectivity index (χ0v) is 13.1. The minimum atomic E-state index is -3.48. The lowest BCUT2D eigenvalue weighted by molar-refractivity contribution is -0.148. The summed E-state index contributed by atoms with van der Waals surface area (Å²) < 4.78 is 24.3. The molecule has 8 heteroatoms. The van der Waals surface area contributed by atoms with E-state index in [0.717, 1.165) is 6.92 Å². The Hall–Kier alpha value is -2.87. The van der Waals surface area contributed by atoms with Crippen LogP contribution in [0.5, 0.6) is 0 Å². The van der Waals surface area contributed by atoms with Crippen LogP contribution in [-0.4, -0.2) is 25.3 Å². The van der Waals surface area contributed by atoms with E-state index in [0.29, 0.717) is 11.4 Å². The average molecular weight is 336 g/mol. The van der Waals surface area contributed by atoms with Crippen LogP contribution in [0.4, 0.5) is 11.4 Å². The third kappa shape index (κ3) is 5.11. The molecule has 0 aromatic heterocycles. The van der Waals surface area contributed by atoms with E-state index in [4.69, 9.17) is 16.6 Å². The molecule has 0 amide bonds. The molecule has 5 N–H and O–H groups in total. The molecule has 0 atom stereocenters. The van der Waals surface area contributed by atoms with Crippen LogP contribution in [0, 0.1) is 0 Å². The third-order valence-electron chi connectivity index (χ3n) is 2.68. The van der Waals surface area contributed by atoms with Crippen molar-refractivity contribution in [3.8, 4) is 0 Å². The van der Waals surface area contributed by atoms with Crippen molar-refractivity contribution < 1.29 is 23.1 Å². The van der Waals surface area contributed by atoms with Gasteiger partial charge < -0.3 is 16.6 Å². The predicted octanol–water partition coefficient (Wildman–Crippen LogP) is 1.34. The molecule has 7 nitrogen and oxygen atoms in total. The fraction of sp³-hybridized carbons (Fsp3) is 0.0667. The summed E-state index contributed by atoms with van der Waals surface area (Å²) in [7, 11) is -3.48. The van der Waals surface area contributed by atoms with E-state index in [1.165, 1.54) is 24.3 Å². The van der Waals surface area contributed by atoms with Crippen LogP contribution < -0.4 is 11.5 Å². The van der Waals surface area contributed by atoms with Gasteiger partial charge in [0.1, 0.15) is 0 Å². The first-order valence-electron chi connectivity index (χ1n) is 6.34. The summed E-state index contributed by atoms with van der Waals surface area (Å²) in [5.41, 5.74) is 12.1. The van der Waals surface area contributed by atoms with Gasteiger partial charge in [-0.1, -0.05) is 0 Å². The summed E-state index contributed by atoms with van der Waals surface area (Å²) in [6, 6.07) is 12.2. The molecule has 0 unspecified atom stereocenters.